The number of halogens is 3. The summed E-state index contributed by atoms with van der Waals surface area (Å²) in [4.78, 5) is 10.6. The highest BCUT2D eigenvalue weighted by atomic mass is 19.4. The van der Waals surface area contributed by atoms with Crippen molar-refractivity contribution in [1.29, 1.82) is 0 Å². The maximum Gasteiger partial charge on any atom is 0.411 e. The minimum absolute atomic E-state index is 0.0836. The SMILES string of the molecule is Cc1nn(C)c(NCc2ccc(COCC(F)(F)F)cc2)c1[N+](=O)[O-]. The zero-order valence-electron chi connectivity index (χ0n) is 13.6. The molecule has 0 radical (unpaired) electrons. The van der Waals surface area contributed by atoms with Crippen LogP contribution in [-0.2, 0) is 24.9 Å². The van der Waals surface area contributed by atoms with E-state index in [0.717, 1.165) is 5.56 Å². The van der Waals surface area contributed by atoms with Crippen molar-refractivity contribution in [3.8, 4) is 0 Å². The Kier molecular flexibility index (Phi) is 5.62. The number of ether oxygens (including phenoxy) is 1. The Morgan fingerprint density at radius 2 is 1.88 bits per heavy atom. The van der Waals surface area contributed by atoms with Crippen molar-refractivity contribution in [2.75, 3.05) is 11.9 Å². The summed E-state index contributed by atoms with van der Waals surface area (Å²) in [5.41, 5.74) is 1.65. The minimum atomic E-state index is -4.35. The second kappa shape index (κ2) is 7.51. The molecule has 0 aliphatic carbocycles. The van der Waals surface area contributed by atoms with Gasteiger partial charge in [-0.1, -0.05) is 24.3 Å². The van der Waals surface area contributed by atoms with E-state index in [1.54, 1.807) is 38.2 Å². The van der Waals surface area contributed by atoms with E-state index in [1.165, 1.54) is 4.68 Å². The van der Waals surface area contributed by atoms with Crippen molar-refractivity contribution < 1.29 is 22.8 Å². The number of nitro groups is 1. The number of benzene rings is 1. The molecule has 1 N–H and O–H groups in total. The molecule has 25 heavy (non-hydrogen) atoms. The third-order valence-corrected chi connectivity index (χ3v) is 3.39. The Bertz CT molecular complexity index is 742. The van der Waals surface area contributed by atoms with Crippen LogP contribution in [-0.4, -0.2) is 27.5 Å². The number of aryl methyl sites for hydroxylation is 2. The number of alkyl halides is 3. The zero-order valence-corrected chi connectivity index (χ0v) is 13.6. The van der Waals surface area contributed by atoms with Gasteiger partial charge in [0.1, 0.15) is 12.3 Å². The van der Waals surface area contributed by atoms with Crippen LogP contribution in [0.2, 0.25) is 0 Å². The number of hydrogen-bond acceptors (Lipinski definition) is 5. The van der Waals surface area contributed by atoms with Crippen LogP contribution in [0.4, 0.5) is 24.7 Å². The average Bonchev–Trinajstić information content (AvgIpc) is 2.79. The van der Waals surface area contributed by atoms with Crippen molar-refractivity contribution >= 4 is 11.5 Å². The molecule has 0 saturated carbocycles. The lowest BCUT2D eigenvalue weighted by Crippen LogP contribution is -2.16. The van der Waals surface area contributed by atoms with Crippen LogP contribution in [0.15, 0.2) is 24.3 Å². The molecule has 0 amide bonds. The molecule has 0 aliphatic heterocycles. The summed E-state index contributed by atoms with van der Waals surface area (Å²) in [7, 11) is 1.60. The van der Waals surface area contributed by atoms with E-state index >= 15 is 0 Å². The molecule has 10 heteroatoms. The largest absolute Gasteiger partial charge is 0.411 e. The van der Waals surface area contributed by atoms with Crippen LogP contribution >= 0.6 is 0 Å². The monoisotopic (exact) mass is 358 g/mol. The van der Waals surface area contributed by atoms with Gasteiger partial charge in [0.25, 0.3) is 0 Å². The van der Waals surface area contributed by atoms with Crippen molar-refractivity contribution in [3.05, 3.63) is 51.2 Å². The van der Waals surface area contributed by atoms with Crippen LogP contribution in [0.1, 0.15) is 16.8 Å². The van der Waals surface area contributed by atoms with Crippen LogP contribution < -0.4 is 5.32 Å². The molecule has 0 aliphatic rings. The lowest BCUT2D eigenvalue weighted by molar-refractivity contribution is -0.384. The number of aromatic nitrogens is 2. The summed E-state index contributed by atoms with van der Waals surface area (Å²) in [5.74, 6) is 0.292. The average molecular weight is 358 g/mol. The van der Waals surface area contributed by atoms with Crippen molar-refractivity contribution in [2.45, 2.75) is 26.3 Å². The van der Waals surface area contributed by atoms with Crippen LogP contribution in [0.3, 0.4) is 0 Å². The van der Waals surface area contributed by atoms with Gasteiger partial charge in [0.05, 0.1) is 11.5 Å². The summed E-state index contributed by atoms with van der Waals surface area (Å²) in [6, 6.07) is 6.73. The number of nitrogens with one attached hydrogen (secondary N) is 1. The molecule has 136 valence electrons. The van der Waals surface area contributed by atoms with Crippen LogP contribution in [0.5, 0.6) is 0 Å². The topological polar surface area (TPSA) is 82.2 Å². The maximum absolute atomic E-state index is 12.0. The molecule has 0 atom stereocenters. The summed E-state index contributed by atoms with van der Waals surface area (Å²) in [5, 5.41) is 18.1. The number of nitrogens with zero attached hydrogens (tertiary/aromatic N) is 3. The molecule has 1 heterocycles. The molecule has 0 spiro atoms. The first kappa shape index (κ1) is 18.7. The van der Waals surface area contributed by atoms with Gasteiger partial charge in [-0.25, -0.2) is 4.68 Å². The highest BCUT2D eigenvalue weighted by Crippen LogP contribution is 2.27. The molecule has 2 rings (SSSR count). The fourth-order valence-corrected chi connectivity index (χ4v) is 2.29. The molecular weight excluding hydrogens is 341 g/mol. The first-order chi connectivity index (χ1) is 11.7. The highest BCUT2D eigenvalue weighted by Gasteiger charge is 2.27. The second-order valence-corrected chi connectivity index (χ2v) is 5.44. The molecular formula is C15H17F3N4O3. The number of rotatable bonds is 7. The Morgan fingerprint density at radius 3 is 2.44 bits per heavy atom. The van der Waals surface area contributed by atoms with E-state index in [4.69, 9.17) is 0 Å². The minimum Gasteiger partial charge on any atom is -0.367 e. The lowest BCUT2D eigenvalue weighted by Gasteiger charge is -2.09. The number of hydrogen-bond donors (Lipinski definition) is 1. The standard InChI is InChI=1S/C15H17F3N4O3/c1-10-13(22(23)24)14(21(2)20-10)19-7-11-3-5-12(6-4-11)8-25-9-15(16,17)18/h3-6,19H,7-9H2,1-2H3. The first-order valence-electron chi connectivity index (χ1n) is 7.31. The van der Waals surface area contributed by atoms with Gasteiger partial charge in [-0.2, -0.15) is 18.3 Å². The first-order valence-corrected chi connectivity index (χ1v) is 7.31. The Labute approximate surface area is 141 Å². The van der Waals surface area contributed by atoms with Gasteiger partial charge in [0.2, 0.25) is 5.82 Å². The zero-order chi connectivity index (χ0) is 18.6. The molecule has 1 aromatic heterocycles. The normalized spacial score (nSPS) is 11.6. The second-order valence-electron chi connectivity index (χ2n) is 5.44. The van der Waals surface area contributed by atoms with Crippen molar-refractivity contribution in [3.63, 3.8) is 0 Å². The van der Waals surface area contributed by atoms with Gasteiger partial charge in [-0.3, -0.25) is 10.1 Å². The van der Waals surface area contributed by atoms with Gasteiger partial charge < -0.3 is 10.1 Å². The van der Waals surface area contributed by atoms with Gasteiger partial charge >= 0.3 is 11.9 Å². The summed E-state index contributed by atoms with van der Waals surface area (Å²) in [6.45, 7) is 0.433. The van der Waals surface area contributed by atoms with Gasteiger partial charge in [-0.15, -0.1) is 0 Å². The summed E-state index contributed by atoms with van der Waals surface area (Å²) >= 11 is 0. The summed E-state index contributed by atoms with van der Waals surface area (Å²) < 4.78 is 42.0. The maximum atomic E-state index is 12.0. The van der Waals surface area contributed by atoms with Crippen LogP contribution in [0, 0.1) is 17.0 Å². The van der Waals surface area contributed by atoms with E-state index in [1.807, 2.05) is 0 Å². The van der Waals surface area contributed by atoms with E-state index < -0.39 is 17.7 Å². The van der Waals surface area contributed by atoms with Crippen LogP contribution in [0.25, 0.3) is 0 Å². The third kappa shape index (κ3) is 5.18. The molecule has 0 saturated heterocycles. The predicted octanol–water partition coefficient (Wildman–Crippen LogP) is 3.33. The van der Waals surface area contributed by atoms with E-state index in [9.17, 15) is 23.3 Å². The highest BCUT2D eigenvalue weighted by molar-refractivity contribution is 5.59. The molecule has 0 unspecified atom stereocenters. The number of anilines is 1. The Morgan fingerprint density at radius 1 is 1.28 bits per heavy atom. The van der Waals surface area contributed by atoms with Crippen molar-refractivity contribution in [2.24, 2.45) is 7.05 Å². The fourth-order valence-electron chi connectivity index (χ4n) is 2.29. The van der Waals surface area contributed by atoms with E-state index in [0.29, 0.717) is 23.6 Å². The van der Waals surface area contributed by atoms with Gasteiger partial charge in [0, 0.05) is 13.6 Å². The molecule has 7 nitrogen and oxygen atoms in total. The van der Waals surface area contributed by atoms with Gasteiger partial charge in [-0.05, 0) is 18.1 Å². The Balaban J connectivity index is 1.95. The smallest absolute Gasteiger partial charge is 0.367 e. The van der Waals surface area contributed by atoms with E-state index in [-0.39, 0.29) is 12.3 Å². The quantitative estimate of drug-likeness (QED) is 0.606. The fraction of sp³-hybridized carbons (Fsp3) is 0.400. The van der Waals surface area contributed by atoms with Crippen molar-refractivity contribution in [1.82, 2.24) is 9.78 Å². The third-order valence-electron chi connectivity index (χ3n) is 3.39. The Hall–Kier alpha value is -2.62. The van der Waals surface area contributed by atoms with Gasteiger partial charge in [0.15, 0.2) is 0 Å². The lowest BCUT2D eigenvalue weighted by atomic mass is 10.1. The molecule has 0 bridgehead atoms. The molecule has 1 aromatic carbocycles. The predicted molar refractivity (Wildman–Crippen MR) is 84.1 cm³/mol. The van der Waals surface area contributed by atoms with E-state index in [2.05, 4.69) is 15.2 Å². The molecule has 0 fully saturated rings. The summed E-state index contributed by atoms with van der Waals surface area (Å²) in [6.07, 6.45) is -4.35. The molecule has 2 aromatic rings.